The van der Waals surface area contributed by atoms with Crippen LogP contribution in [0.2, 0.25) is 0 Å². The van der Waals surface area contributed by atoms with Crippen molar-refractivity contribution in [3.8, 4) is 11.5 Å². The van der Waals surface area contributed by atoms with Gasteiger partial charge in [0.1, 0.15) is 17.6 Å². The van der Waals surface area contributed by atoms with Crippen molar-refractivity contribution >= 4 is 0 Å². The number of para-hydroxylation sites is 2. The molecule has 2 aromatic carbocycles. The lowest BCUT2D eigenvalue weighted by Gasteiger charge is -2.30. The minimum Gasteiger partial charge on any atom is -0.485 e. The number of nitrogens with two attached hydrogens (primary N) is 1. The zero-order valence-electron chi connectivity index (χ0n) is 10.7. The van der Waals surface area contributed by atoms with Crippen molar-refractivity contribution in [3.05, 3.63) is 60.2 Å². The maximum atomic E-state index is 6.09. The first kappa shape index (κ1) is 12.1. The molecule has 1 aliphatic rings. The molecule has 0 saturated heterocycles. The maximum Gasteiger partial charge on any atom is 0.184 e. The van der Waals surface area contributed by atoms with Gasteiger partial charge in [-0.25, -0.2) is 0 Å². The first-order valence-electron chi connectivity index (χ1n) is 6.55. The van der Waals surface area contributed by atoms with E-state index >= 15 is 0 Å². The van der Waals surface area contributed by atoms with Crippen molar-refractivity contribution in [1.29, 1.82) is 0 Å². The summed E-state index contributed by atoms with van der Waals surface area (Å²) < 4.78 is 11.6. The Bertz CT molecular complexity index is 541. The summed E-state index contributed by atoms with van der Waals surface area (Å²) in [4.78, 5) is 0. The molecule has 0 saturated carbocycles. The van der Waals surface area contributed by atoms with Gasteiger partial charge in [0.05, 0.1) is 0 Å². The molecular weight excluding hydrogens is 238 g/mol. The van der Waals surface area contributed by atoms with E-state index in [9.17, 15) is 0 Å². The van der Waals surface area contributed by atoms with Gasteiger partial charge in [0.2, 0.25) is 0 Å². The van der Waals surface area contributed by atoms with Gasteiger partial charge in [0.25, 0.3) is 0 Å². The second-order valence-electron chi connectivity index (χ2n) is 4.70. The van der Waals surface area contributed by atoms with Gasteiger partial charge in [-0.1, -0.05) is 36.4 Å². The summed E-state index contributed by atoms with van der Waals surface area (Å²) >= 11 is 0. The maximum absolute atomic E-state index is 6.09. The molecule has 0 bridgehead atoms. The first-order valence-corrected chi connectivity index (χ1v) is 6.55. The molecule has 0 spiro atoms. The SMILES string of the molecule is NC(Oc1ccccc1)C1CCc2ccccc2O1. The monoisotopic (exact) mass is 255 g/mol. The van der Waals surface area contributed by atoms with E-state index in [1.165, 1.54) is 5.56 Å². The third-order valence-electron chi connectivity index (χ3n) is 3.33. The summed E-state index contributed by atoms with van der Waals surface area (Å²) in [6.07, 6.45) is 1.31. The summed E-state index contributed by atoms with van der Waals surface area (Å²) in [7, 11) is 0. The fourth-order valence-electron chi connectivity index (χ4n) is 2.31. The zero-order chi connectivity index (χ0) is 13.1. The predicted octanol–water partition coefficient (Wildman–Crippen LogP) is 2.74. The van der Waals surface area contributed by atoms with Crippen molar-refractivity contribution in [1.82, 2.24) is 0 Å². The Morgan fingerprint density at radius 3 is 2.63 bits per heavy atom. The number of ether oxygens (including phenoxy) is 2. The number of benzene rings is 2. The average Bonchev–Trinajstić information content (AvgIpc) is 2.48. The van der Waals surface area contributed by atoms with E-state index in [4.69, 9.17) is 15.2 Å². The third kappa shape index (κ3) is 2.71. The van der Waals surface area contributed by atoms with E-state index in [0.29, 0.717) is 0 Å². The third-order valence-corrected chi connectivity index (χ3v) is 3.33. The molecule has 1 aliphatic heterocycles. The van der Waals surface area contributed by atoms with Gasteiger partial charge in [0, 0.05) is 0 Å². The summed E-state index contributed by atoms with van der Waals surface area (Å²) in [5.74, 6) is 1.70. The molecule has 0 aliphatic carbocycles. The van der Waals surface area contributed by atoms with Crippen molar-refractivity contribution < 1.29 is 9.47 Å². The predicted molar refractivity (Wildman–Crippen MR) is 74.2 cm³/mol. The molecule has 2 unspecified atom stereocenters. The fourth-order valence-corrected chi connectivity index (χ4v) is 2.31. The molecule has 98 valence electrons. The van der Waals surface area contributed by atoms with Crippen LogP contribution in [0.1, 0.15) is 12.0 Å². The van der Waals surface area contributed by atoms with Crippen LogP contribution in [0.25, 0.3) is 0 Å². The average molecular weight is 255 g/mol. The molecule has 0 fully saturated rings. The highest BCUT2D eigenvalue weighted by Gasteiger charge is 2.26. The van der Waals surface area contributed by atoms with Crippen LogP contribution in [0.4, 0.5) is 0 Å². The van der Waals surface area contributed by atoms with Gasteiger partial charge in [-0.15, -0.1) is 0 Å². The van der Waals surface area contributed by atoms with Crippen LogP contribution in [0, 0.1) is 0 Å². The summed E-state index contributed by atoms with van der Waals surface area (Å²) in [6, 6.07) is 17.7. The van der Waals surface area contributed by atoms with Gasteiger partial charge in [-0.3, -0.25) is 5.73 Å². The molecule has 0 amide bonds. The van der Waals surface area contributed by atoms with Gasteiger partial charge < -0.3 is 9.47 Å². The number of hydrogen-bond donors (Lipinski definition) is 1. The highest BCUT2D eigenvalue weighted by Crippen LogP contribution is 2.28. The Kier molecular flexibility index (Phi) is 3.38. The number of fused-ring (bicyclic) bond motifs is 1. The van der Waals surface area contributed by atoms with E-state index in [1.807, 2.05) is 48.5 Å². The van der Waals surface area contributed by atoms with Crippen molar-refractivity contribution in [3.63, 3.8) is 0 Å². The van der Waals surface area contributed by atoms with Crippen LogP contribution < -0.4 is 15.2 Å². The molecule has 3 heteroatoms. The van der Waals surface area contributed by atoms with Crippen LogP contribution in [0.5, 0.6) is 11.5 Å². The Balaban J connectivity index is 1.68. The van der Waals surface area contributed by atoms with E-state index in [2.05, 4.69) is 6.07 Å². The van der Waals surface area contributed by atoms with E-state index in [0.717, 1.165) is 24.3 Å². The molecule has 2 N–H and O–H groups in total. The highest BCUT2D eigenvalue weighted by atomic mass is 16.6. The van der Waals surface area contributed by atoms with Crippen molar-refractivity contribution in [2.24, 2.45) is 5.73 Å². The molecular formula is C16H17NO2. The number of hydrogen-bond acceptors (Lipinski definition) is 3. The molecule has 0 radical (unpaired) electrons. The van der Waals surface area contributed by atoms with Crippen LogP contribution in [-0.4, -0.2) is 12.3 Å². The first-order chi connectivity index (χ1) is 9.33. The molecule has 19 heavy (non-hydrogen) atoms. The molecule has 2 aromatic rings. The Hall–Kier alpha value is -2.00. The quantitative estimate of drug-likeness (QED) is 0.858. The lowest BCUT2D eigenvalue weighted by Crippen LogP contribution is -2.45. The number of rotatable bonds is 3. The standard InChI is InChI=1S/C16H17NO2/c17-16(18-13-7-2-1-3-8-13)15-11-10-12-6-4-5-9-14(12)19-15/h1-9,15-16H,10-11,17H2. The largest absolute Gasteiger partial charge is 0.485 e. The van der Waals surface area contributed by atoms with Crippen LogP contribution >= 0.6 is 0 Å². The normalized spacial score (nSPS) is 19.1. The molecule has 3 nitrogen and oxygen atoms in total. The molecule has 2 atom stereocenters. The van der Waals surface area contributed by atoms with Gasteiger partial charge in [-0.05, 0) is 36.6 Å². The summed E-state index contributed by atoms with van der Waals surface area (Å²) in [6.45, 7) is 0. The second-order valence-corrected chi connectivity index (χ2v) is 4.70. The minimum absolute atomic E-state index is 0.102. The van der Waals surface area contributed by atoms with Gasteiger partial charge >= 0.3 is 0 Å². The lowest BCUT2D eigenvalue weighted by molar-refractivity contribution is 0.0442. The van der Waals surface area contributed by atoms with E-state index in [1.54, 1.807) is 0 Å². The zero-order valence-corrected chi connectivity index (χ0v) is 10.7. The Morgan fingerprint density at radius 1 is 1.05 bits per heavy atom. The molecule has 0 aromatic heterocycles. The topological polar surface area (TPSA) is 44.5 Å². The molecule has 3 rings (SSSR count). The summed E-state index contributed by atoms with van der Waals surface area (Å²) in [5, 5.41) is 0. The lowest BCUT2D eigenvalue weighted by atomic mass is 10.0. The highest BCUT2D eigenvalue weighted by molar-refractivity contribution is 5.35. The van der Waals surface area contributed by atoms with Gasteiger partial charge in [0.15, 0.2) is 6.23 Å². The van der Waals surface area contributed by atoms with Crippen LogP contribution in [0.15, 0.2) is 54.6 Å². The number of aryl methyl sites for hydroxylation is 1. The minimum atomic E-state index is -0.448. The fraction of sp³-hybridized carbons (Fsp3) is 0.250. The van der Waals surface area contributed by atoms with Crippen molar-refractivity contribution in [2.75, 3.05) is 0 Å². The Morgan fingerprint density at radius 2 is 1.79 bits per heavy atom. The van der Waals surface area contributed by atoms with Crippen molar-refractivity contribution in [2.45, 2.75) is 25.2 Å². The van der Waals surface area contributed by atoms with Crippen LogP contribution in [-0.2, 0) is 6.42 Å². The van der Waals surface area contributed by atoms with E-state index in [-0.39, 0.29) is 6.10 Å². The Labute approximate surface area is 113 Å². The van der Waals surface area contributed by atoms with Gasteiger partial charge in [-0.2, -0.15) is 0 Å². The molecule has 1 heterocycles. The van der Waals surface area contributed by atoms with E-state index < -0.39 is 6.23 Å². The second kappa shape index (κ2) is 5.33. The summed E-state index contributed by atoms with van der Waals surface area (Å²) in [5.41, 5.74) is 7.33. The van der Waals surface area contributed by atoms with Crippen LogP contribution in [0.3, 0.4) is 0 Å². The smallest absolute Gasteiger partial charge is 0.184 e.